The topological polar surface area (TPSA) is 60.0 Å². The van der Waals surface area contributed by atoms with Crippen LogP contribution in [0, 0.1) is 5.92 Å². The number of pyridine rings is 1. The quantitative estimate of drug-likeness (QED) is 0.547. The van der Waals surface area contributed by atoms with Crippen molar-refractivity contribution in [3.63, 3.8) is 0 Å². The van der Waals surface area contributed by atoms with Crippen molar-refractivity contribution >= 4 is 21.8 Å². The standard InChI is InChI=1S/C24H25N3O2/c28-22(15-17-9-3-1-4-10-17)27-21-14-8-7-13-19(21)20-16-26(25-23(20)24(27)29)18-11-5-2-6-12-18/h2,5-8,11-14,16-17,22,28H,1,3-4,9-10,15H2. The molecule has 1 aliphatic carbocycles. The largest absolute Gasteiger partial charge is 0.373 e. The minimum atomic E-state index is -0.832. The van der Waals surface area contributed by atoms with Crippen LogP contribution in [0.2, 0.25) is 0 Å². The summed E-state index contributed by atoms with van der Waals surface area (Å²) in [5.74, 6) is 0.474. The Morgan fingerprint density at radius 2 is 1.69 bits per heavy atom. The van der Waals surface area contributed by atoms with Crippen molar-refractivity contribution in [3.8, 4) is 5.69 Å². The molecule has 5 heteroatoms. The molecule has 148 valence electrons. The molecule has 2 aromatic carbocycles. The fourth-order valence-corrected chi connectivity index (χ4v) is 4.70. The molecule has 0 saturated heterocycles. The number of aromatic nitrogens is 3. The molecule has 1 fully saturated rings. The first-order valence-electron chi connectivity index (χ1n) is 10.5. The van der Waals surface area contributed by atoms with Gasteiger partial charge in [-0.05, 0) is 30.5 Å². The monoisotopic (exact) mass is 387 g/mol. The van der Waals surface area contributed by atoms with Gasteiger partial charge in [0.05, 0.1) is 11.2 Å². The van der Waals surface area contributed by atoms with Crippen molar-refractivity contribution in [2.75, 3.05) is 0 Å². The lowest BCUT2D eigenvalue weighted by molar-refractivity contribution is 0.0691. The molecule has 0 radical (unpaired) electrons. The predicted molar refractivity (Wildman–Crippen MR) is 115 cm³/mol. The fourth-order valence-electron chi connectivity index (χ4n) is 4.70. The summed E-state index contributed by atoms with van der Waals surface area (Å²) in [6.07, 6.45) is 7.67. The molecule has 29 heavy (non-hydrogen) atoms. The minimum Gasteiger partial charge on any atom is -0.373 e. The zero-order valence-electron chi connectivity index (χ0n) is 16.4. The molecule has 5 rings (SSSR count). The van der Waals surface area contributed by atoms with Gasteiger partial charge in [-0.3, -0.25) is 9.36 Å². The highest BCUT2D eigenvalue weighted by molar-refractivity contribution is 6.04. The minimum absolute atomic E-state index is 0.225. The van der Waals surface area contributed by atoms with Crippen LogP contribution in [0.15, 0.2) is 65.6 Å². The third-order valence-electron chi connectivity index (χ3n) is 6.18. The lowest BCUT2D eigenvalue weighted by Crippen LogP contribution is -2.27. The van der Waals surface area contributed by atoms with Gasteiger partial charge in [0.2, 0.25) is 0 Å². The van der Waals surface area contributed by atoms with E-state index >= 15 is 0 Å². The summed E-state index contributed by atoms with van der Waals surface area (Å²) in [7, 11) is 0. The van der Waals surface area contributed by atoms with Crippen LogP contribution in [0.4, 0.5) is 0 Å². The highest BCUT2D eigenvalue weighted by Crippen LogP contribution is 2.31. The van der Waals surface area contributed by atoms with Gasteiger partial charge in [-0.1, -0.05) is 68.5 Å². The Morgan fingerprint density at radius 3 is 2.48 bits per heavy atom. The van der Waals surface area contributed by atoms with Crippen LogP contribution < -0.4 is 5.56 Å². The lowest BCUT2D eigenvalue weighted by atomic mass is 9.86. The van der Waals surface area contributed by atoms with Gasteiger partial charge in [0.25, 0.3) is 5.56 Å². The van der Waals surface area contributed by atoms with Crippen LogP contribution in [0.5, 0.6) is 0 Å². The van der Waals surface area contributed by atoms with Crippen molar-refractivity contribution in [1.82, 2.24) is 14.3 Å². The van der Waals surface area contributed by atoms with E-state index in [0.717, 1.165) is 34.8 Å². The number of rotatable bonds is 4. The van der Waals surface area contributed by atoms with E-state index in [0.29, 0.717) is 17.9 Å². The van der Waals surface area contributed by atoms with Gasteiger partial charge in [-0.2, -0.15) is 5.10 Å². The van der Waals surface area contributed by atoms with Crippen molar-refractivity contribution in [3.05, 3.63) is 71.1 Å². The third kappa shape index (κ3) is 3.25. The number of fused-ring (bicyclic) bond motifs is 3. The van der Waals surface area contributed by atoms with Crippen LogP contribution in [0.1, 0.15) is 44.8 Å². The Labute approximate surface area is 169 Å². The first kappa shape index (κ1) is 18.1. The van der Waals surface area contributed by atoms with Crippen molar-refractivity contribution < 1.29 is 5.11 Å². The summed E-state index contributed by atoms with van der Waals surface area (Å²) in [6, 6.07) is 17.6. The summed E-state index contributed by atoms with van der Waals surface area (Å²) in [5.41, 5.74) is 1.84. The molecule has 1 saturated carbocycles. The molecule has 0 aliphatic heterocycles. The van der Waals surface area contributed by atoms with E-state index in [-0.39, 0.29) is 5.56 Å². The van der Waals surface area contributed by atoms with E-state index < -0.39 is 6.23 Å². The van der Waals surface area contributed by atoms with Gasteiger partial charge >= 0.3 is 0 Å². The zero-order valence-corrected chi connectivity index (χ0v) is 16.4. The zero-order chi connectivity index (χ0) is 19.8. The summed E-state index contributed by atoms with van der Waals surface area (Å²) in [4.78, 5) is 13.4. The van der Waals surface area contributed by atoms with Crippen LogP contribution in [-0.2, 0) is 0 Å². The fraction of sp³-hybridized carbons (Fsp3) is 0.333. The second-order valence-corrected chi connectivity index (χ2v) is 8.08. The number of nitrogens with zero attached hydrogens (tertiary/aromatic N) is 3. The average molecular weight is 387 g/mol. The Morgan fingerprint density at radius 1 is 0.966 bits per heavy atom. The van der Waals surface area contributed by atoms with Gasteiger partial charge in [-0.15, -0.1) is 0 Å². The molecule has 1 aliphatic rings. The smallest absolute Gasteiger partial charge is 0.281 e. The number of para-hydroxylation sites is 2. The Bertz CT molecular complexity index is 1200. The highest BCUT2D eigenvalue weighted by atomic mass is 16.3. The van der Waals surface area contributed by atoms with Gasteiger partial charge in [0.15, 0.2) is 5.52 Å². The molecule has 0 spiro atoms. The third-order valence-corrected chi connectivity index (χ3v) is 6.18. The second-order valence-electron chi connectivity index (χ2n) is 8.08. The van der Waals surface area contributed by atoms with Gasteiger partial charge < -0.3 is 5.11 Å². The van der Waals surface area contributed by atoms with E-state index in [4.69, 9.17) is 0 Å². The van der Waals surface area contributed by atoms with Crippen LogP contribution >= 0.6 is 0 Å². The molecule has 0 bridgehead atoms. The maximum absolute atomic E-state index is 13.4. The van der Waals surface area contributed by atoms with E-state index in [9.17, 15) is 9.90 Å². The highest BCUT2D eigenvalue weighted by Gasteiger charge is 2.23. The van der Waals surface area contributed by atoms with Crippen molar-refractivity contribution in [1.29, 1.82) is 0 Å². The molecule has 2 aromatic heterocycles. The molecule has 2 heterocycles. The first-order valence-corrected chi connectivity index (χ1v) is 10.5. The molecule has 0 amide bonds. The molecule has 4 aromatic rings. The summed E-state index contributed by atoms with van der Waals surface area (Å²) < 4.78 is 3.30. The average Bonchev–Trinajstić information content (AvgIpc) is 3.22. The Balaban J connectivity index is 1.67. The number of aliphatic hydroxyl groups excluding tert-OH is 1. The van der Waals surface area contributed by atoms with Crippen LogP contribution in [-0.4, -0.2) is 19.5 Å². The van der Waals surface area contributed by atoms with Gasteiger partial charge in [0, 0.05) is 17.0 Å². The van der Waals surface area contributed by atoms with Crippen molar-refractivity contribution in [2.24, 2.45) is 5.92 Å². The molecule has 1 N–H and O–H groups in total. The summed E-state index contributed by atoms with van der Waals surface area (Å²) in [6.45, 7) is 0. The maximum atomic E-state index is 13.4. The Kier molecular flexibility index (Phi) is 4.68. The van der Waals surface area contributed by atoms with Crippen LogP contribution in [0.3, 0.4) is 0 Å². The molecular weight excluding hydrogens is 362 g/mol. The maximum Gasteiger partial charge on any atom is 0.281 e. The Hall–Kier alpha value is -2.92. The van der Waals surface area contributed by atoms with E-state index in [2.05, 4.69) is 5.10 Å². The van der Waals surface area contributed by atoms with E-state index in [1.54, 1.807) is 9.25 Å². The molecular formula is C24H25N3O2. The van der Waals surface area contributed by atoms with Gasteiger partial charge in [-0.25, -0.2) is 4.68 Å². The number of hydrogen-bond acceptors (Lipinski definition) is 3. The van der Waals surface area contributed by atoms with Crippen LogP contribution in [0.25, 0.3) is 27.5 Å². The van der Waals surface area contributed by atoms with Gasteiger partial charge in [0.1, 0.15) is 6.23 Å². The second kappa shape index (κ2) is 7.48. The first-order chi connectivity index (χ1) is 14.2. The van der Waals surface area contributed by atoms with E-state index in [1.165, 1.54) is 19.3 Å². The predicted octanol–water partition coefficient (Wildman–Crippen LogP) is 4.80. The normalized spacial score (nSPS) is 16.4. The number of hydrogen-bond donors (Lipinski definition) is 1. The van der Waals surface area contributed by atoms with Crippen molar-refractivity contribution in [2.45, 2.75) is 44.8 Å². The lowest BCUT2D eigenvalue weighted by Gasteiger charge is -2.25. The summed E-state index contributed by atoms with van der Waals surface area (Å²) in [5, 5.41) is 17.4. The molecule has 1 atom stereocenters. The van der Waals surface area contributed by atoms with E-state index in [1.807, 2.05) is 60.8 Å². The number of aliphatic hydroxyl groups is 1. The summed E-state index contributed by atoms with van der Waals surface area (Å²) >= 11 is 0. The number of benzene rings is 2. The molecule has 1 unspecified atom stereocenters. The SMILES string of the molecule is O=c1c2nn(-c3ccccc3)cc2c2ccccc2n1C(O)CC1CCCCC1. The molecule has 5 nitrogen and oxygen atoms in total.